The fourth-order valence-electron chi connectivity index (χ4n) is 2.86. The first-order valence-electron chi connectivity index (χ1n) is 6.26. The first-order valence-corrected chi connectivity index (χ1v) is 7.38. The lowest BCUT2D eigenvalue weighted by atomic mass is 10.1. The van der Waals surface area contributed by atoms with Crippen LogP contribution in [-0.2, 0) is 17.6 Å². The summed E-state index contributed by atoms with van der Waals surface area (Å²) in [4.78, 5) is 13.9. The van der Waals surface area contributed by atoms with Crippen molar-refractivity contribution in [2.45, 2.75) is 25.7 Å². The summed E-state index contributed by atoms with van der Waals surface area (Å²) in [5, 5.41) is 0.917. The van der Waals surface area contributed by atoms with Crippen molar-refractivity contribution in [2.24, 2.45) is 5.92 Å². The number of hydrogen-bond acceptors (Lipinski definition) is 1. The molecule has 3 rings (SSSR count). The van der Waals surface area contributed by atoms with E-state index < -0.39 is 0 Å². The van der Waals surface area contributed by atoms with Gasteiger partial charge in [-0.05, 0) is 48.4 Å². The largest absolute Gasteiger partial charge is 0.312 e. The molecule has 1 aromatic rings. The number of amides is 1. The van der Waals surface area contributed by atoms with E-state index >= 15 is 0 Å². The van der Waals surface area contributed by atoms with Gasteiger partial charge in [-0.25, -0.2) is 0 Å². The predicted molar refractivity (Wildman–Crippen MR) is 72.7 cm³/mol. The number of carbonyl (C=O) groups is 1. The van der Waals surface area contributed by atoms with Crippen LogP contribution in [0.2, 0.25) is 0 Å². The zero-order chi connectivity index (χ0) is 11.8. The summed E-state index contributed by atoms with van der Waals surface area (Å²) in [7, 11) is 0. The Morgan fingerprint density at radius 3 is 2.88 bits per heavy atom. The molecule has 0 spiro atoms. The van der Waals surface area contributed by atoms with Gasteiger partial charge in [-0.15, -0.1) is 0 Å². The van der Waals surface area contributed by atoms with Crippen LogP contribution in [-0.4, -0.2) is 17.8 Å². The Hall–Kier alpha value is -0.830. The van der Waals surface area contributed by atoms with Crippen LogP contribution in [0.4, 0.5) is 5.69 Å². The topological polar surface area (TPSA) is 20.3 Å². The lowest BCUT2D eigenvalue weighted by Crippen LogP contribution is -2.24. The van der Waals surface area contributed by atoms with Gasteiger partial charge in [0.15, 0.2) is 0 Å². The fraction of sp³-hybridized carbons (Fsp3) is 0.500. The minimum Gasteiger partial charge on any atom is -0.312 e. The number of aryl methyl sites for hydroxylation is 2. The van der Waals surface area contributed by atoms with E-state index in [0.717, 1.165) is 17.6 Å². The number of benzene rings is 1. The molecule has 1 aliphatic carbocycles. The van der Waals surface area contributed by atoms with Gasteiger partial charge in [0.2, 0.25) is 5.91 Å². The number of fused-ring (bicyclic) bond motifs is 1. The van der Waals surface area contributed by atoms with Crippen LogP contribution in [0.25, 0.3) is 0 Å². The molecule has 17 heavy (non-hydrogen) atoms. The molecule has 2 aliphatic rings. The second-order valence-corrected chi connectivity index (χ2v) is 5.68. The third-order valence-electron chi connectivity index (χ3n) is 3.82. The maximum absolute atomic E-state index is 11.9. The number of carbonyl (C=O) groups excluding carboxylic acids is 1. The van der Waals surface area contributed by atoms with Crippen molar-refractivity contribution in [3.63, 3.8) is 0 Å². The van der Waals surface area contributed by atoms with Gasteiger partial charge >= 0.3 is 0 Å². The molecule has 1 heterocycles. The second kappa shape index (κ2) is 4.45. The second-order valence-electron chi connectivity index (χ2n) is 5.04. The molecule has 1 saturated heterocycles. The quantitative estimate of drug-likeness (QED) is 0.768. The van der Waals surface area contributed by atoms with Crippen LogP contribution in [0.3, 0.4) is 0 Å². The van der Waals surface area contributed by atoms with E-state index in [9.17, 15) is 4.79 Å². The van der Waals surface area contributed by atoms with Crippen LogP contribution in [0, 0.1) is 5.92 Å². The maximum Gasteiger partial charge on any atom is 0.227 e. The molecule has 0 N–H and O–H groups in total. The standard InChI is InChI=1S/C14H16BrNO/c15-8-10-6-14(17)16(9-10)13-5-4-11-2-1-3-12(11)7-13/h4-5,7,10H,1-3,6,8-9H2. The Morgan fingerprint density at radius 1 is 1.29 bits per heavy atom. The zero-order valence-electron chi connectivity index (χ0n) is 9.79. The molecule has 1 unspecified atom stereocenters. The Kier molecular flexibility index (Phi) is 2.95. The van der Waals surface area contributed by atoms with Gasteiger partial charge in [0.25, 0.3) is 0 Å². The van der Waals surface area contributed by atoms with Gasteiger partial charge < -0.3 is 4.90 Å². The Bertz CT molecular complexity index is 458. The number of halogens is 1. The molecule has 0 saturated carbocycles. The van der Waals surface area contributed by atoms with Crippen LogP contribution in [0.5, 0.6) is 0 Å². The van der Waals surface area contributed by atoms with Crippen molar-refractivity contribution in [1.82, 2.24) is 0 Å². The van der Waals surface area contributed by atoms with Crippen LogP contribution in [0.1, 0.15) is 24.0 Å². The molecule has 0 aromatic heterocycles. The summed E-state index contributed by atoms with van der Waals surface area (Å²) in [6.45, 7) is 0.864. The Labute approximate surface area is 110 Å². The van der Waals surface area contributed by atoms with Gasteiger partial charge in [0.1, 0.15) is 0 Å². The molecule has 1 aliphatic heterocycles. The summed E-state index contributed by atoms with van der Waals surface area (Å²) in [5.41, 5.74) is 4.01. The fourth-order valence-corrected chi connectivity index (χ4v) is 3.29. The normalized spacial score (nSPS) is 23.2. The summed E-state index contributed by atoms with van der Waals surface area (Å²) < 4.78 is 0. The first-order chi connectivity index (χ1) is 8.28. The van der Waals surface area contributed by atoms with E-state index in [1.54, 1.807) is 0 Å². The van der Waals surface area contributed by atoms with E-state index in [1.807, 2.05) is 4.90 Å². The molecule has 1 aromatic carbocycles. The lowest BCUT2D eigenvalue weighted by Gasteiger charge is -2.17. The summed E-state index contributed by atoms with van der Waals surface area (Å²) in [6, 6.07) is 6.53. The Balaban J connectivity index is 1.87. The average Bonchev–Trinajstić information content (AvgIpc) is 2.93. The van der Waals surface area contributed by atoms with Crippen LogP contribution in [0.15, 0.2) is 18.2 Å². The third kappa shape index (κ3) is 2.01. The molecule has 1 atom stereocenters. The number of alkyl halides is 1. The van der Waals surface area contributed by atoms with Gasteiger partial charge in [0.05, 0.1) is 0 Å². The molecule has 0 radical (unpaired) electrons. The molecular weight excluding hydrogens is 278 g/mol. The molecule has 90 valence electrons. The lowest BCUT2D eigenvalue weighted by molar-refractivity contribution is -0.117. The van der Waals surface area contributed by atoms with Gasteiger partial charge in [0, 0.05) is 24.0 Å². The Morgan fingerprint density at radius 2 is 2.12 bits per heavy atom. The summed E-state index contributed by atoms with van der Waals surface area (Å²) in [5.74, 6) is 0.739. The van der Waals surface area contributed by atoms with E-state index in [-0.39, 0.29) is 5.91 Å². The predicted octanol–water partition coefficient (Wildman–Crippen LogP) is 2.92. The molecule has 2 nitrogen and oxygen atoms in total. The van der Waals surface area contributed by atoms with Crippen molar-refractivity contribution in [1.29, 1.82) is 0 Å². The number of anilines is 1. The highest BCUT2D eigenvalue weighted by Crippen LogP contribution is 2.30. The summed E-state index contributed by atoms with van der Waals surface area (Å²) in [6.07, 6.45) is 4.32. The first kappa shape index (κ1) is 11.3. The van der Waals surface area contributed by atoms with Crippen molar-refractivity contribution in [3.8, 4) is 0 Å². The minimum absolute atomic E-state index is 0.271. The maximum atomic E-state index is 11.9. The minimum atomic E-state index is 0.271. The molecule has 1 amide bonds. The summed E-state index contributed by atoms with van der Waals surface area (Å²) >= 11 is 3.47. The van der Waals surface area contributed by atoms with Crippen molar-refractivity contribution in [2.75, 3.05) is 16.8 Å². The smallest absolute Gasteiger partial charge is 0.227 e. The van der Waals surface area contributed by atoms with Gasteiger partial charge in [-0.1, -0.05) is 22.0 Å². The molecular formula is C14H16BrNO. The van der Waals surface area contributed by atoms with E-state index in [1.165, 1.54) is 30.4 Å². The zero-order valence-corrected chi connectivity index (χ0v) is 11.4. The highest BCUT2D eigenvalue weighted by atomic mass is 79.9. The average molecular weight is 294 g/mol. The molecule has 0 bridgehead atoms. The van der Waals surface area contributed by atoms with Crippen LogP contribution >= 0.6 is 15.9 Å². The van der Waals surface area contributed by atoms with Crippen LogP contribution < -0.4 is 4.90 Å². The molecule has 3 heteroatoms. The SMILES string of the molecule is O=C1CC(CBr)CN1c1ccc2c(c1)CCC2. The van der Waals surface area contributed by atoms with E-state index in [0.29, 0.717) is 12.3 Å². The number of hydrogen-bond donors (Lipinski definition) is 0. The van der Waals surface area contributed by atoms with Crippen molar-refractivity contribution in [3.05, 3.63) is 29.3 Å². The number of nitrogens with zero attached hydrogens (tertiary/aromatic N) is 1. The van der Waals surface area contributed by atoms with Gasteiger partial charge in [-0.3, -0.25) is 4.79 Å². The number of rotatable bonds is 2. The van der Waals surface area contributed by atoms with Crippen molar-refractivity contribution < 1.29 is 4.79 Å². The van der Waals surface area contributed by atoms with Gasteiger partial charge in [-0.2, -0.15) is 0 Å². The monoisotopic (exact) mass is 293 g/mol. The van der Waals surface area contributed by atoms with Crippen molar-refractivity contribution >= 4 is 27.5 Å². The highest BCUT2D eigenvalue weighted by Gasteiger charge is 2.30. The molecule has 1 fully saturated rings. The highest BCUT2D eigenvalue weighted by molar-refractivity contribution is 9.09. The third-order valence-corrected chi connectivity index (χ3v) is 4.73. The van der Waals surface area contributed by atoms with E-state index in [2.05, 4.69) is 34.1 Å². The van der Waals surface area contributed by atoms with E-state index in [4.69, 9.17) is 0 Å².